The molecule has 0 amide bonds. The number of hydrogen-bond donors (Lipinski definition) is 0. The molecule has 4 nitrogen and oxygen atoms in total. The second-order valence-corrected chi connectivity index (χ2v) is 8.21. The molecule has 1 aliphatic carbocycles. The summed E-state index contributed by atoms with van der Waals surface area (Å²) >= 11 is 0. The van der Waals surface area contributed by atoms with Gasteiger partial charge in [-0.2, -0.15) is 5.26 Å². The standard InChI is InChI=1S/C26H28N2O2/c1-3-26(4-2)24-15-19(14-21(17-27)30-18-29)8-10-22(24)23-11-9-20(16-25(23)26)28-12-6-5-7-13-28/h8-11,14-16,18H,3-7,12-13H2,1-2H3/b21-14+. The van der Waals surface area contributed by atoms with E-state index < -0.39 is 0 Å². The summed E-state index contributed by atoms with van der Waals surface area (Å²) in [6.07, 6.45) is 7.52. The molecule has 0 radical (unpaired) electrons. The zero-order chi connectivity index (χ0) is 21.1. The highest BCUT2D eigenvalue weighted by Crippen LogP contribution is 2.53. The van der Waals surface area contributed by atoms with E-state index in [-0.39, 0.29) is 11.2 Å². The first-order chi connectivity index (χ1) is 14.7. The van der Waals surface area contributed by atoms with E-state index in [1.807, 2.05) is 12.1 Å². The summed E-state index contributed by atoms with van der Waals surface area (Å²) in [4.78, 5) is 13.2. The molecule has 1 fully saturated rings. The molecule has 0 unspecified atom stereocenters. The smallest absolute Gasteiger partial charge is 0.299 e. The Bertz CT molecular complexity index is 1020. The molecular weight excluding hydrogens is 372 g/mol. The number of allylic oxidation sites excluding steroid dienone is 1. The maximum absolute atomic E-state index is 10.6. The molecule has 0 N–H and O–H groups in total. The molecular formula is C26H28N2O2. The molecule has 2 aliphatic rings. The molecule has 0 atom stereocenters. The monoisotopic (exact) mass is 400 g/mol. The van der Waals surface area contributed by atoms with Crippen molar-refractivity contribution in [1.29, 1.82) is 5.26 Å². The predicted octanol–water partition coefficient (Wildman–Crippen LogP) is 5.80. The third-order valence-electron chi connectivity index (χ3n) is 6.88. The summed E-state index contributed by atoms with van der Waals surface area (Å²) in [7, 11) is 0. The lowest BCUT2D eigenvalue weighted by Crippen LogP contribution is -2.30. The fourth-order valence-electron chi connectivity index (χ4n) is 5.25. The molecule has 4 rings (SSSR count). The number of nitrogens with zero attached hydrogens (tertiary/aromatic N) is 2. The third-order valence-corrected chi connectivity index (χ3v) is 6.88. The largest absolute Gasteiger partial charge is 0.417 e. The third kappa shape index (κ3) is 3.29. The van der Waals surface area contributed by atoms with Crippen molar-refractivity contribution in [2.75, 3.05) is 18.0 Å². The maximum atomic E-state index is 10.6. The minimum Gasteiger partial charge on any atom is -0.417 e. The molecule has 2 aromatic carbocycles. The van der Waals surface area contributed by atoms with Crippen LogP contribution in [0.3, 0.4) is 0 Å². The highest BCUT2D eigenvalue weighted by Gasteiger charge is 2.40. The lowest BCUT2D eigenvalue weighted by molar-refractivity contribution is -0.124. The zero-order valence-corrected chi connectivity index (χ0v) is 17.8. The molecule has 0 aromatic heterocycles. The number of piperidine rings is 1. The molecule has 4 heteroatoms. The van der Waals surface area contributed by atoms with Crippen LogP contribution in [0.25, 0.3) is 17.2 Å². The SMILES string of the molecule is CCC1(CC)c2cc(/C=C(\C#N)OC=O)ccc2-c2ccc(N3CCCCC3)cc21. The first-order valence-corrected chi connectivity index (χ1v) is 10.9. The average Bonchev–Trinajstić information content (AvgIpc) is 3.08. The van der Waals surface area contributed by atoms with E-state index in [1.54, 1.807) is 6.08 Å². The zero-order valence-electron chi connectivity index (χ0n) is 17.8. The van der Waals surface area contributed by atoms with E-state index in [4.69, 9.17) is 4.74 Å². The molecule has 1 saturated heterocycles. The summed E-state index contributed by atoms with van der Waals surface area (Å²) in [6.45, 7) is 7.09. The van der Waals surface area contributed by atoms with Gasteiger partial charge in [0.25, 0.3) is 6.47 Å². The number of carbonyl (C=O) groups excluding carboxylic acids is 1. The van der Waals surface area contributed by atoms with Gasteiger partial charge in [0.1, 0.15) is 6.07 Å². The summed E-state index contributed by atoms with van der Waals surface area (Å²) in [5.74, 6) is 0.00597. The maximum Gasteiger partial charge on any atom is 0.299 e. The van der Waals surface area contributed by atoms with Crippen LogP contribution in [0, 0.1) is 11.3 Å². The fraction of sp³-hybridized carbons (Fsp3) is 0.385. The van der Waals surface area contributed by atoms with Gasteiger partial charge < -0.3 is 9.64 Å². The van der Waals surface area contributed by atoms with Crippen LogP contribution in [0.1, 0.15) is 62.6 Å². The molecule has 30 heavy (non-hydrogen) atoms. The van der Waals surface area contributed by atoms with Crippen LogP contribution in [0.15, 0.2) is 42.2 Å². The Hall–Kier alpha value is -3.06. The lowest BCUT2D eigenvalue weighted by Gasteiger charge is -2.33. The summed E-state index contributed by atoms with van der Waals surface area (Å²) in [6, 6.07) is 15.2. The number of fused-ring (bicyclic) bond motifs is 3. The van der Waals surface area contributed by atoms with Crippen molar-refractivity contribution in [3.8, 4) is 17.2 Å². The predicted molar refractivity (Wildman–Crippen MR) is 120 cm³/mol. The quantitative estimate of drug-likeness (QED) is 0.349. The van der Waals surface area contributed by atoms with Gasteiger partial charge in [-0.1, -0.05) is 38.1 Å². The van der Waals surface area contributed by atoms with Gasteiger partial charge in [-0.15, -0.1) is 0 Å². The Balaban J connectivity index is 1.81. The van der Waals surface area contributed by atoms with Gasteiger partial charge in [0, 0.05) is 24.2 Å². The second kappa shape index (κ2) is 8.36. The van der Waals surface area contributed by atoms with E-state index in [9.17, 15) is 10.1 Å². The van der Waals surface area contributed by atoms with Crippen LogP contribution >= 0.6 is 0 Å². The first-order valence-electron chi connectivity index (χ1n) is 10.9. The Morgan fingerprint density at radius 1 is 1.07 bits per heavy atom. The van der Waals surface area contributed by atoms with Crippen LogP contribution in [0.5, 0.6) is 0 Å². The van der Waals surface area contributed by atoms with Gasteiger partial charge in [0.05, 0.1) is 0 Å². The topological polar surface area (TPSA) is 53.3 Å². The Labute approximate surface area is 178 Å². The number of carbonyl (C=O) groups is 1. The Kier molecular flexibility index (Phi) is 5.63. The first kappa shape index (κ1) is 20.2. The van der Waals surface area contributed by atoms with Crippen LogP contribution in [0.2, 0.25) is 0 Å². The van der Waals surface area contributed by atoms with Gasteiger partial charge >= 0.3 is 0 Å². The second-order valence-electron chi connectivity index (χ2n) is 8.21. The molecule has 1 aliphatic heterocycles. The van der Waals surface area contributed by atoms with Crippen molar-refractivity contribution < 1.29 is 9.53 Å². The highest BCUT2D eigenvalue weighted by molar-refractivity contribution is 5.84. The van der Waals surface area contributed by atoms with Crippen molar-refractivity contribution in [2.24, 2.45) is 0 Å². The average molecular weight is 401 g/mol. The van der Waals surface area contributed by atoms with Crippen molar-refractivity contribution in [3.63, 3.8) is 0 Å². The van der Waals surface area contributed by atoms with Crippen LogP contribution in [-0.2, 0) is 14.9 Å². The molecule has 2 aromatic rings. The summed E-state index contributed by atoms with van der Waals surface area (Å²) in [5, 5.41) is 9.20. The number of nitriles is 1. The van der Waals surface area contributed by atoms with Gasteiger partial charge in [0.2, 0.25) is 5.76 Å². The van der Waals surface area contributed by atoms with Crippen LogP contribution in [0.4, 0.5) is 5.69 Å². The van der Waals surface area contributed by atoms with E-state index in [0.29, 0.717) is 6.47 Å². The van der Waals surface area contributed by atoms with Gasteiger partial charge in [-0.05, 0) is 78.1 Å². The van der Waals surface area contributed by atoms with E-state index in [2.05, 4.69) is 49.1 Å². The number of ether oxygens (including phenoxy) is 1. The van der Waals surface area contributed by atoms with Crippen molar-refractivity contribution in [1.82, 2.24) is 0 Å². The molecule has 0 saturated carbocycles. The van der Waals surface area contributed by atoms with Crippen molar-refractivity contribution >= 4 is 18.2 Å². The van der Waals surface area contributed by atoms with Gasteiger partial charge in [-0.25, -0.2) is 0 Å². The molecule has 154 valence electrons. The van der Waals surface area contributed by atoms with Crippen LogP contribution < -0.4 is 4.90 Å². The van der Waals surface area contributed by atoms with Gasteiger partial charge in [-0.3, -0.25) is 4.79 Å². The summed E-state index contributed by atoms with van der Waals surface area (Å²) in [5.41, 5.74) is 7.46. The van der Waals surface area contributed by atoms with Crippen molar-refractivity contribution in [3.05, 3.63) is 58.8 Å². The minimum atomic E-state index is -0.0430. The highest BCUT2D eigenvalue weighted by atomic mass is 16.5. The number of hydrogen-bond acceptors (Lipinski definition) is 4. The molecule has 0 spiro atoms. The number of rotatable bonds is 6. The van der Waals surface area contributed by atoms with Crippen molar-refractivity contribution in [2.45, 2.75) is 51.4 Å². The molecule has 1 heterocycles. The number of anilines is 1. The Morgan fingerprint density at radius 3 is 2.37 bits per heavy atom. The van der Waals surface area contributed by atoms with E-state index in [0.717, 1.165) is 31.5 Å². The van der Waals surface area contributed by atoms with E-state index in [1.165, 1.54) is 47.2 Å². The Morgan fingerprint density at radius 2 is 1.73 bits per heavy atom. The summed E-state index contributed by atoms with van der Waals surface area (Å²) < 4.78 is 4.78. The minimum absolute atomic E-state index is 0.00597. The fourth-order valence-corrected chi connectivity index (χ4v) is 5.25. The van der Waals surface area contributed by atoms with Crippen LogP contribution in [-0.4, -0.2) is 19.6 Å². The van der Waals surface area contributed by atoms with Gasteiger partial charge in [0.15, 0.2) is 0 Å². The van der Waals surface area contributed by atoms with E-state index >= 15 is 0 Å². The normalized spacial score (nSPS) is 17.1. The number of benzene rings is 2. The molecule has 0 bridgehead atoms. The lowest BCUT2D eigenvalue weighted by atomic mass is 9.73.